The molecule has 166 valence electrons. The number of hydrogen-bond acceptors (Lipinski definition) is 4. The van der Waals surface area contributed by atoms with Crippen molar-refractivity contribution in [2.24, 2.45) is 5.92 Å². The van der Waals surface area contributed by atoms with Crippen molar-refractivity contribution in [3.8, 4) is 11.1 Å². The summed E-state index contributed by atoms with van der Waals surface area (Å²) < 4.78 is 5.58. The lowest BCUT2D eigenvalue weighted by Crippen LogP contribution is -2.41. The van der Waals surface area contributed by atoms with Crippen molar-refractivity contribution in [1.82, 2.24) is 10.6 Å². The molecule has 2 aromatic carbocycles. The molecule has 0 aliphatic heterocycles. The van der Waals surface area contributed by atoms with E-state index in [2.05, 4.69) is 34.9 Å². The van der Waals surface area contributed by atoms with Crippen molar-refractivity contribution in [3.05, 3.63) is 71.8 Å². The van der Waals surface area contributed by atoms with E-state index in [0.717, 1.165) is 11.1 Å². The first-order valence-electron chi connectivity index (χ1n) is 10.8. The van der Waals surface area contributed by atoms with Gasteiger partial charge in [0.25, 0.3) is 0 Å². The topological polar surface area (TPSA) is 105 Å². The van der Waals surface area contributed by atoms with Gasteiger partial charge in [-0.25, -0.2) is 4.79 Å². The van der Waals surface area contributed by atoms with Crippen LogP contribution in [0, 0.1) is 5.92 Å². The number of alkyl carbamates (subject to hydrolysis) is 1. The third-order valence-corrected chi connectivity index (χ3v) is 5.98. The van der Waals surface area contributed by atoms with Crippen LogP contribution in [0.15, 0.2) is 60.7 Å². The molecule has 0 bridgehead atoms. The minimum absolute atomic E-state index is 0.0113. The van der Waals surface area contributed by atoms with E-state index in [4.69, 9.17) is 9.84 Å². The molecule has 2 aromatic rings. The number of amides is 2. The zero-order chi connectivity index (χ0) is 22.5. The van der Waals surface area contributed by atoms with Crippen LogP contribution in [0.4, 0.5) is 4.79 Å². The minimum atomic E-state index is -0.955. The Balaban J connectivity index is 1.31. The molecule has 2 aliphatic rings. The van der Waals surface area contributed by atoms with Gasteiger partial charge < -0.3 is 20.5 Å². The maximum absolute atomic E-state index is 12.5. The molecule has 0 saturated heterocycles. The van der Waals surface area contributed by atoms with Crippen LogP contribution in [0.3, 0.4) is 0 Å². The van der Waals surface area contributed by atoms with Crippen molar-refractivity contribution in [3.63, 3.8) is 0 Å². The van der Waals surface area contributed by atoms with Gasteiger partial charge in [-0.2, -0.15) is 0 Å². The van der Waals surface area contributed by atoms with E-state index in [1.165, 1.54) is 11.1 Å². The molecule has 0 spiro atoms. The quantitative estimate of drug-likeness (QED) is 0.579. The Bertz CT molecular complexity index is 1000. The van der Waals surface area contributed by atoms with E-state index >= 15 is 0 Å². The maximum atomic E-state index is 12.5. The van der Waals surface area contributed by atoms with Crippen LogP contribution in [-0.4, -0.2) is 42.3 Å². The maximum Gasteiger partial charge on any atom is 0.407 e. The fourth-order valence-corrected chi connectivity index (χ4v) is 4.44. The minimum Gasteiger partial charge on any atom is -0.481 e. The molecular formula is C25H26N2O5. The smallest absolute Gasteiger partial charge is 0.407 e. The van der Waals surface area contributed by atoms with Crippen LogP contribution in [0.25, 0.3) is 11.1 Å². The summed E-state index contributed by atoms with van der Waals surface area (Å²) in [5, 5.41) is 14.2. The summed E-state index contributed by atoms with van der Waals surface area (Å²) in [4.78, 5) is 35.3. The molecule has 32 heavy (non-hydrogen) atoms. The Hall–Kier alpha value is -3.61. The number of hydrogen-bond donors (Lipinski definition) is 3. The number of carbonyl (C=O) groups is 3. The molecule has 2 atom stereocenters. The first-order chi connectivity index (χ1) is 15.5. The second-order valence-corrected chi connectivity index (χ2v) is 8.11. The number of ether oxygens (including phenoxy) is 1. The van der Waals surface area contributed by atoms with Crippen molar-refractivity contribution in [2.45, 2.75) is 31.2 Å². The number of carboxylic acid groups (broad SMARTS) is 1. The van der Waals surface area contributed by atoms with E-state index in [-0.39, 0.29) is 43.4 Å². The van der Waals surface area contributed by atoms with Gasteiger partial charge in [0, 0.05) is 18.4 Å². The van der Waals surface area contributed by atoms with Gasteiger partial charge in [-0.1, -0.05) is 60.7 Å². The molecule has 0 fully saturated rings. The summed E-state index contributed by atoms with van der Waals surface area (Å²) in [6.45, 7) is 0.328. The summed E-state index contributed by atoms with van der Waals surface area (Å²) in [6, 6.07) is 16.0. The van der Waals surface area contributed by atoms with Gasteiger partial charge in [-0.15, -0.1) is 0 Å². The average Bonchev–Trinajstić information content (AvgIpc) is 3.11. The van der Waals surface area contributed by atoms with E-state index in [9.17, 15) is 14.4 Å². The number of benzene rings is 2. The normalized spacial score (nSPS) is 19.0. The highest BCUT2D eigenvalue weighted by atomic mass is 16.5. The molecule has 3 N–H and O–H groups in total. The molecule has 0 saturated carbocycles. The van der Waals surface area contributed by atoms with Crippen molar-refractivity contribution >= 4 is 18.0 Å². The number of allylic oxidation sites excluding steroid dienone is 1. The van der Waals surface area contributed by atoms with Crippen molar-refractivity contribution < 1.29 is 24.2 Å². The van der Waals surface area contributed by atoms with Gasteiger partial charge in [0.05, 0.1) is 12.5 Å². The number of fused-ring (bicyclic) bond motifs is 3. The van der Waals surface area contributed by atoms with Gasteiger partial charge in [-0.3, -0.25) is 9.59 Å². The highest BCUT2D eigenvalue weighted by molar-refractivity contribution is 5.80. The predicted molar refractivity (Wildman–Crippen MR) is 119 cm³/mol. The number of aliphatic carboxylic acids is 1. The second kappa shape index (κ2) is 9.68. The van der Waals surface area contributed by atoms with Crippen molar-refractivity contribution in [2.75, 3.05) is 13.2 Å². The summed E-state index contributed by atoms with van der Waals surface area (Å²) >= 11 is 0. The second-order valence-electron chi connectivity index (χ2n) is 8.11. The number of nitrogens with one attached hydrogen (secondary N) is 2. The predicted octanol–water partition coefficient (Wildman–Crippen LogP) is 3.45. The van der Waals surface area contributed by atoms with Crippen molar-refractivity contribution in [1.29, 1.82) is 0 Å². The molecule has 0 heterocycles. The zero-order valence-electron chi connectivity index (χ0n) is 17.6. The molecule has 2 amide bonds. The van der Waals surface area contributed by atoms with Gasteiger partial charge in [0.1, 0.15) is 6.61 Å². The Morgan fingerprint density at radius 1 is 1.00 bits per heavy atom. The Kier molecular flexibility index (Phi) is 6.54. The van der Waals surface area contributed by atoms with E-state index < -0.39 is 12.1 Å². The fraction of sp³-hybridized carbons (Fsp3) is 0.320. The third-order valence-electron chi connectivity index (χ3n) is 5.98. The van der Waals surface area contributed by atoms with Gasteiger partial charge >= 0.3 is 12.1 Å². The molecular weight excluding hydrogens is 408 g/mol. The highest BCUT2D eigenvalue weighted by Crippen LogP contribution is 2.44. The monoisotopic (exact) mass is 434 g/mol. The Morgan fingerprint density at radius 3 is 2.31 bits per heavy atom. The van der Waals surface area contributed by atoms with Gasteiger partial charge in [0.2, 0.25) is 5.91 Å². The lowest BCUT2D eigenvalue weighted by atomic mass is 9.90. The number of carbonyl (C=O) groups excluding carboxylic acids is 2. The molecule has 4 rings (SSSR count). The SMILES string of the molecule is O=C(O)CCNC(=O)C1CC=CC(NC(=O)OCC2c3ccccc3-c3ccccc32)C1. The van der Waals surface area contributed by atoms with Crippen LogP contribution in [0.5, 0.6) is 0 Å². The Morgan fingerprint density at radius 2 is 1.66 bits per heavy atom. The van der Waals surface area contributed by atoms with E-state index in [1.807, 2.05) is 36.4 Å². The van der Waals surface area contributed by atoms with Crippen LogP contribution >= 0.6 is 0 Å². The van der Waals surface area contributed by atoms with Crippen LogP contribution in [0.1, 0.15) is 36.3 Å². The van der Waals surface area contributed by atoms with Crippen LogP contribution in [-0.2, 0) is 14.3 Å². The van der Waals surface area contributed by atoms with E-state index in [0.29, 0.717) is 12.8 Å². The lowest BCUT2D eigenvalue weighted by molar-refractivity contribution is -0.137. The van der Waals surface area contributed by atoms with Crippen LogP contribution < -0.4 is 10.6 Å². The summed E-state index contributed by atoms with van der Waals surface area (Å²) in [6.07, 6.45) is 4.09. The fourth-order valence-electron chi connectivity index (χ4n) is 4.44. The summed E-state index contributed by atoms with van der Waals surface area (Å²) in [5.41, 5.74) is 4.64. The lowest BCUT2D eigenvalue weighted by Gasteiger charge is -2.25. The molecule has 7 nitrogen and oxygen atoms in total. The Labute approximate surface area is 186 Å². The third kappa shape index (κ3) is 4.82. The highest BCUT2D eigenvalue weighted by Gasteiger charge is 2.30. The van der Waals surface area contributed by atoms with Crippen LogP contribution in [0.2, 0.25) is 0 Å². The average molecular weight is 434 g/mol. The molecule has 2 unspecified atom stereocenters. The number of carboxylic acids is 1. The standard InChI is InChI=1S/C25H26N2O5/c28-23(29)12-13-26-24(30)16-6-5-7-17(14-16)27-25(31)32-15-22-20-10-3-1-8-18(20)19-9-2-4-11-21(19)22/h1-5,7-11,16-17,22H,6,12-15H2,(H,26,30)(H,27,31)(H,28,29). The summed E-state index contributed by atoms with van der Waals surface area (Å²) in [7, 11) is 0. The first kappa shape index (κ1) is 21.6. The molecule has 2 aliphatic carbocycles. The van der Waals surface area contributed by atoms with E-state index in [1.54, 1.807) is 0 Å². The molecule has 0 aromatic heterocycles. The van der Waals surface area contributed by atoms with Gasteiger partial charge in [0.15, 0.2) is 0 Å². The number of rotatable bonds is 7. The first-order valence-corrected chi connectivity index (χ1v) is 10.8. The molecule has 0 radical (unpaired) electrons. The largest absolute Gasteiger partial charge is 0.481 e. The molecule has 7 heteroatoms. The summed E-state index contributed by atoms with van der Waals surface area (Å²) in [5.74, 6) is -1.48. The zero-order valence-corrected chi connectivity index (χ0v) is 17.6. The van der Waals surface area contributed by atoms with Gasteiger partial charge in [-0.05, 0) is 35.1 Å².